The highest BCUT2D eigenvalue weighted by atomic mass is 16.5. The van der Waals surface area contributed by atoms with Crippen molar-refractivity contribution in [1.82, 2.24) is 14.9 Å². The van der Waals surface area contributed by atoms with Crippen LogP contribution in [0.15, 0.2) is 23.0 Å². The number of nitrogens with zero attached hydrogens (tertiary/aromatic N) is 2. The third-order valence-electron chi connectivity index (χ3n) is 5.25. The molecule has 3 rings (SSSR count). The Morgan fingerprint density at radius 3 is 2.79 bits per heavy atom. The molecular weight excluding hydrogens is 358 g/mol. The molecule has 0 aliphatic carbocycles. The van der Waals surface area contributed by atoms with Gasteiger partial charge in [-0.3, -0.25) is 14.2 Å². The van der Waals surface area contributed by atoms with E-state index < -0.39 is 5.97 Å². The Balaban J connectivity index is 1.77. The number of benzene rings is 1. The normalized spacial score (nSPS) is 14.2. The van der Waals surface area contributed by atoms with Gasteiger partial charge in [-0.1, -0.05) is 13.3 Å². The summed E-state index contributed by atoms with van der Waals surface area (Å²) in [5.41, 5.74) is 0.351. The van der Waals surface area contributed by atoms with Crippen molar-refractivity contribution in [2.45, 2.75) is 65.0 Å². The molecule has 2 aromatic rings. The SMILES string of the molecule is CCC(C)(C)NC(=O)COC(=O)c1ccc2c(=O)n3c(nc2c1)CCCCC3. The van der Waals surface area contributed by atoms with E-state index in [1.165, 1.54) is 0 Å². The molecule has 1 N–H and O–H groups in total. The van der Waals surface area contributed by atoms with E-state index in [1.807, 2.05) is 20.8 Å². The first-order valence-corrected chi connectivity index (χ1v) is 9.82. The van der Waals surface area contributed by atoms with Crippen LogP contribution in [0.3, 0.4) is 0 Å². The predicted molar refractivity (Wildman–Crippen MR) is 106 cm³/mol. The zero-order valence-corrected chi connectivity index (χ0v) is 16.7. The van der Waals surface area contributed by atoms with Gasteiger partial charge in [-0.05, 0) is 51.3 Å². The van der Waals surface area contributed by atoms with Crippen LogP contribution < -0.4 is 10.9 Å². The Hall–Kier alpha value is -2.70. The topological polar surface area (TPSA) is 90.3 Å². The first-order valence-electron chi connectivity index (χ1n) is 9.82. The maximum Gasteiger partial charge on any atom is 0.338 e. The number of amides is 1. The summed E-state index contributed by atoms with van der Waals surface area (Å²) in [6, 6.07) is 4.73. The van der Waals surface area contributed by atoms with Crippen molar-refractivity contribution in [2.75, 3.05) is 6.61 Å². The van der Waals surface area contributed by atoms with Gasteiger partial charge >= 0.3 is 5.97 Å². The van der Waals surface area contributed by atoms with E-state index in [4.69, 9.17) is 4.74 Å². The summed E-state index contributed by atoms with van der Waals surface area (Å²) < 4.78 is 6.87. The van der Waals surface area contributed by atoms with E-state index in [1.54, 1.807) is 22.8 Å². The Labute approximate surface area is 164 Å². The fourth-order valence-corrected chi connectivity index (χ4v) is 3.26. The van der Waals surface area contributed by atoms with Crippen LogP contribution in [0.2, 0.25) is 0 Å². The van der Waals surface area contributed by atoms with Crippen LogP contribution in [0.5, 0.6) is 0 Å². The minimum Gasteiger partial charge on any atom is -0.452 e. The molecule has 0 saturated heterocycles. The van der Waals surface area contributed by atoms with Crippen LogP contribution in [0.4, 0.5) is 0 Å². The summed E-state index contributed by atoms with van der Waals surface area (Å²) in [4.78, 5) is 41.6. The number of aromatic nitrogens is 2. The van der Waals surface area contributed by atoms with Crippen molar-refractivity contribution in [3.05, 3.63) is 39.9 Å². The molecule has 1 aromatic carbocycles. The molecule has 0 spiro atoms. The monoisotopic (exact) mass is 385 g/mol. The van der Waals surface area contributed by atoms with Crippen LogP contribution in [0.1, 0.15) is 62.6 Å². The zero-order valence-electron chi connectivity index (χ0n) is 16.7. The molecule has 7 heteroatoms. The van der Waals surface area contributed by atoms with Gasteiger partial charge in [0.05, 0.1) is 16.5 Å². The van der Waals surface area contributed by atoms with E-state index in [0.29, 0.717) is 17.4 Å². The second kappa shape index (κ2) is 8.12. The van der Waals surface area contributed by atoms with E-state index in [9.17, 15) is 14.4 Å². The van der Waals surface area contributed by atoms with E-state index in [0.717, 1.165) is 37.9 Å². The predicted octanol–water partition coefficient (Wildman–Crippen LogP) is 2.58. The number of esters is 1. The van der Waals surface area contributed by atoms with Gasteiger partial charge in [-0.25, -0.2) is 9.78 Å². The van der Waals surface area contributed by atoms with Crippen molar-refractivity contribution in [3.8, 4) is 0 Å². The highest BCUT2D eigenvalue weighted by Crippen LogP contribution is 2.17. The second-order valence-electron chi connectivity index (χ2n) is 7.89. The number of ether oxygens (including phenoxy) is 1. The Morgan fingerprint density at radius 2 is 2.04 bits per heavy atom. The van der Waals surface area contributed by atoms with Crippen molar-refractivity contribution in [1.29, 1.82) is 0 Å². The van der Waals surface area contributed by atoms with Gasteiger partial charge in [0, 0.05) is 18.5 Å². The highest BCUT2D eigenvalue weighted by Gasteiger charge is 2.20. The lowest BCUT2D eigenvalue weighted by molar-refractivity contribution is -0.125. The first-order chi connectivity index (χ1) is 13.3. The molecule has 1 amide bonds. The summed E-state index contributed by atoms with van der Waals surface area (Å²) in [5, 5.41) is 3.31. The van der Waals surface area contributed by atoms with Gasteiger partial charge < -0.3 is 10.1 Å². The van der Waals surface area contributed by atoms with Gasteiger partial charge in [0.1, 0.15) is 5.82 Å². The molecule has 0 radical (unpaired) electrons. The summed E-state index contributed by atoms with van der Waals surface area (Å²) >= 11 is 0. The molecule has 1 aliphatic heterocycles. The Bertz CT molecular complexity index is 962. The minimum atomic E-state index is -0.608. The maximum atomic E-state index is 12.7. The molecule has 0 fully saturated rings. The van der Waals surface area contributed by atoms with Crippen LogP contribution in [-0.4, -0.2) is 33.6 Å². The molecule has 0 atom stereocenters. The second-order valence-corrected chi connectivity index (χ2v) is 7.89. The highest BCUT2D eigenvalue weighted by molar-refractivity contribution is 5.95. The molecule has 0 saturated carbocycles. The van der Waals surface area contributed by atoms with Crippen molar-refractivity contribution >= 4 is 22.8 Å². The summed E-state index contributed by atoms with van der Waals surface area (Å²) in [7, 11) is 0. The van der Waals surface area contributed by atoms with Crippen LogP contribution in [0.25, 0.3) is 10.9 Å². The number of rotatable bonds is 5. The van der Waals surface area contributed by atoms with E-state index in [2.05, 4.69) is 10.3 Å². The van der Waals surface area contributed by atoms with E-state index in [-0.39, 0.29) is 29.2 Å². The van der Waals surface area contributed by atoms with Crippen molar-refractivity contribution in [3.63, 3.8) is 0 Å². The number of hydrogen-bond donors (Lipinski definition) is 1. The summed E-state index contributed by atoms with van der Waals surface area (Å²) in [5.74, 6) is -0.187. The van der Waals surface area contributed by atoms with Crippen molar-refractivity contribution < 1.29 is 14.3 Å². The fourth-order valence-electron chi connectivity index (χ4n) is 3.26. The minimum absolute atomic E-state index is 0.0667. The smallest absolute Gasteiger partial charge is 0.338 e. The lowest BCUT2D eigenvalue weighted by atomic mass is 10.0. The summed E-state index contributed by atoms with van der Waals surface area (Å²) in [6.45, 7) is 6.12. The number of fused-ring (bicyclic) bond motifs is 2. The zero-order chi connectivity index (χ0) is 20.3. The Morgan fingerprint density at radius 1 is 1.25 bits per heavy atom. The van der Waals surface area contributed by atoms with Gasteiger partial charge in [0.2, 0.25) is 0 Å². The molecule has 1 aliphatic rings. The Kier molecular flexibility index (Phi) is 5.82. The standard InChI is InChI=1S/C21H27N3O4/c1-4-21(2,3)23-18(25)13-28-20(27)14-9-10-15-16(12-14)22-17-8-6-5-7-11-24(17)19(15)26/h9-10,12H,4-8,11,13H2,1-3H3,(H,23,25). The van der Waals surface area contributed by atoms with Gasteiger partial charge in [0.25, 0.3) is 11.5 Å². The molecule has 0 bridgehead atoms. The largest absolute Gasteiger partial charge is 0.452 e. The first kappa shape index (κ1) is 20.0. The molecule has 7 nitrogen and oxygen atoms in total. The lowest BCUT2D eigenvalue weighted by Crippen LogP contribution is -2.44. The average Bonchev–Trinajstić information content (AvgIpc) is 2.91. The van der Waals surface area contributed by atoms with Crippen molar-refractivity contribution in [2.24, 2.45) is 0 Å². The molecule has 0 unspecified atom stereocenters. The number of carbonyl (C=O) groups is 2. The van der Waals surface area contributed by atoms with Crippen LogP contribution >= 0.6 is 0 Å². The molecule has 1 aromatic heterocycles. The van der Waals surface area contributed by atoms with Crippen LogP contribution in [-0.2, 0) is 22.5 Å². The summed E-state index contributed by atoms with van der Waals surface area (Å²) in [6.07, 6.45) is 4.58. The van der Waals surface area contributed by atoms with Gasteiger partial charge in [0.15, 0.2) is 6.61 Å². The molecule has 2 heterocycles. The molecular formula is C21H27N3O4. The quantitative estimate of drug-likeness (QED) is 0.799. The molecule has 28 heavy (non-hydrogen) atoms. The third-order valence-corrected chi connectivity index (χ3v) is 5.25. The lowest BCUT2D eigenvalue weighted by Gasteiger charge is -2.24. The molecule has 150 valence electrons. The van der Waals surface area contributed by atoms with Crippen LogP contribution in [0, 0.1) is 0 Å². The average molecular weight is 385 g/mol. The maximum absolute atomic E-state index is 12.7. The number of carbonyl (C=O) groups excluding carboxylic acids is 2. The van der Waals surface area contributed by atoms with E-state index >= 15 is 0 Å². The van der Waals surface area contributed by atoms with Gasteiger partial charge in [-0.15, -0.1) is 0 Å². The number of nitrogens with one attached hydrogen (secondary N) is 1. The number of hydrogen-bond acceptors (Lipinski definition) is 5. The number of aryl methyl sites for hydroxylation is 1. The fraction of sp³-hybridized carbons (Fsp3) is 0.524. The third kappa shape index (κ3) is 4.40. The van der Waals surface area contributed by atoms with Gasteiger partial charge in [-0.2, -0.15) is 0 Å².